The molecular weight excluding hydrogens is 411 g/mol. The number of aromatic nitrogens is 4. The Kier molecular flexibility index (Phi) is 5.85. The van der Waals surface area contributed by atoms with Gasteiger partial charge in [-0.25, -0.2) is 19.2 Å². The molecule has 0 radical (unpaired) electrons. The fourth-order valence-corrected chi connectivity index (χ4v) is 3.28. The molecule has 4 rings (SSSR count). The summed E-state index contributed by atoms with van der Waals surface area (Å²) in [5, 5.41) is 0. The molecule has 7 nitrogen and oxygen atoms in total. The normalized spacial score (nSPS) is 11.1. The maximum absolute atomic E-state index is 13.3. The fourth-order valence-electron chi connectivity index (χ4n) is 3.28. The third-order valence-electron chi connectivity index (χ3n) is 4.86. The fraction of sp³-hybridized carbons (Fsp3) is 0.125. The molecule has 0 bridgehead atoms. The van der Waals surface area contributed by atoms with Gasteiger partial charge in [0.05, 0.1) is 37.6 Å². The van der Waals surface area contributed by atoms with E-state index in [2.05, 4.69) is 15.0 Å². The van der Waals surface area contributed by atoms with E-state index in [1.54, 1.807) is 31.6 Å². The summed E-state index contributed by atoms with van der Waals surface area (Å²) >= 11 is 0. The van der Waals surface area contributed by atoms with E-state index in [-0.39, 0.29) is 11.5 Å². The van der Waals surface area contributed by atoms with Crippen molar-refractivity contribution in [2.45, 2.75) is 6.92 Å². The number of rotatable bonds is 6. The number of H-pyrrole nitrogens is 1. The van der Waals surface area contributed by atoms with Crippen LogP contribution in [0.25, 0.3) is 29.1 Å². The molecule has 2 aromatic carbocycles. The van der Waals surface area contributed by atoms with Crippen molar-refractivity contribution in [2.75, 3.05) is 14.2 Å². The number of methoxy groups -OCH3 is 2. The van der Waals surface area contributed by atoms with E-state index in [4.69, 9.17) is 9.47 Å². The molecule has 0 saturated heterocycles. The molecule has 0 aliphatic rings. The maximum atomic E-state index is 13.3. The molecule has 2 heterocycles. The van der Waals surface area contributed by atoms with Gasteiger partial charge in [-0.1, -0.05) is 12.1 Å². The second-order valence-electron chi connectivity index (χ2n) is 7.03. The smallest absolute Gasteiger partial charge is 0.358 e. The van der Waals surface area contributed by atoms with Gasteiger partial charge in [-0.2, -0.15) is 0 Å². The van der Waals surface area contributed by atoms with Crippen molar-refractivity contribution < 1.29 is 18.7 Å². The van der Waals surface area contributed by atoms with Gasteiger partial charge in [0.2, 0.25) is 0 Å². The van der Waals surface area contributed by atoms with Crippen molar-refractivity contribution in [3.8, 4) is 22.7 Å². The number of carbonyl (C=O) groups excluding carboxylic acids is 1. The van der Waals surface area contributed by atoms with Crippen LogP contribution in [0.5, 0.6) is 5.75 Å². The van der Waals surface area contributed by atoms with Gasteiger partial charge in [0.15, 0.2) is 5.69 Å². The third-order valence-corrected chi connectivity index (χ3v) is 4.86. The molecule has 8 heteroatoms. The number of aryl methyl sites for hydroxylation is 1. The number of nitrogens with one attached hydrogen (secondary N) is 1. The third kappa shape index (κ3) is 4.29. The van der Waals surface area contributed by atoms with Crippen molar-refractivity contribution in [3.05, 3.63) is 83.6 Å². The van der Waals surface area contributed by atoms with E-state index in [1.807, 2.05) is 42.0 Å². The zero-order chi connectivity index (χ0) is 22.7. The molecule has 4 aromatic rings. The summed E-state index contributed by atoms with van der Waals surface area (Å²) in [7, 11) is 2.90. The lowest BCUT2D eigenvalue weighted by Crippen LogP contribution is -2.03. The minimum atomic E-state index is -0.582. The molecule has 0 spiro atoms. The number of esters is 1. The molecule has 2 aromatic heterocycles. The summed E-state index contributed by atoms with van der Waals surface area (Å²) in [5.41, 5.74) is 3.87. The number of hydrogen-bond donors (Lipinski definition) is 1. The van der Waals surface area contributed by atoms with Crippen LogP contribution in [0.4, 0.5) is 4.39 Å². The Bertz CT molecular complexity index is 1290. The highest BCUT2D eigenvalue weighted by atomic mass is 19.1. The predicted octanol–water partition coefficient (Wildman–Crippen LogP) is 4.68. The SMILES string of the molecule is COC(=O)c1nc(C=Cc2ccc(-n3cnc(C)c3)c(OC)c2)[nH]c1-c1ccc(F)cc1. The number of ether oxygens (including phenoxy) is 2. The second kappa shape index (κ2) is 8.89. The van der Waals surface area contributed by atoms with E-state index >= 15 is 0 Å². The number of halogens is 1. The number of aromatic amines is 1. The Morgan fingerprint density at radius 1 is 1.12 bits per heavy atom. The molecule has 0 aliphatic carbocycles. The van der Waals surface area contributed by atoms with Gasteiger partial charge >= 0.3 is 5.97 Å². The molecule has 1 N–H and O–H groups in total. The van der Waals surface area contributed by atoms with Crippen molar-refractivity contribution in [3.63, 3.8) is 0 Å². The van der Waals surface area contributed by atoms with Crippen LogP contribution in [0.3, 0.4) is 0 Å². The molecule has 0 saturated carbocycles. The van der Waals surface area contributed by atoms with Crippen LogP contribution in [0.15, 0.2) is 55.0 Å². The molecular formula is C24H21FN4O3. The summed E-state index contributed by atoms with van der Waals surface area (Å²) in [6.45, 7) is 1.92. The van der Waals surface area contributed by atoms with Gasteiger partial charge in [0, 0.05) is 11.8 Å². The van der Waals surface area contributed by atoms with Crippen LogP contribution in [-0.2, 0) is 4.74 Å². The van der Waals surface area contributed by atoms with Crippen molar-refractivity contribution in [2.24, 2.45) is 0 Å². The van der Waals surface area contributed by atoms with Crippen molar-refractivity contribution >= 4 is 18.1 Å². The van der Waals surface area contributed by atoms with Crippen molar-refractivity contribution in [1.82, 2.24) is 19.5 Å². The zero-order valence-corrected chi connectivity index (χ0v) is 17.8. The highest BCUT2D eigenvalue weighted by Crippen LogP contribution is 2.26. The minimum Gasteiger partial charge on any atom is -0.495 e. The van der Waals surface area contributed by atoms with Crippen LogP contribution in [0, 0.1) is 12.7 Å². The van der Waals surface area contributed by atoms with Gasteiger partial charge in [0.25, 0.3) is 0 Å². The first-order chi connectivity index (χ1) is 15.5. The van der Waals surface area contributed by atoms with Gasteiger partial charge in [-0.15, -0.1) is 0 Å². The van der Waals surface area contributed by atoms with Crippen LogP contribution in [-0.4, -0.2) is 39.7 Å². The Morgan fingerprint density at radius 3 is 2.56 bits per heavy atom. The van der Waals surface area contributed by atoms with E-state index in [1.165, 1.54) is 19.2 Å². The number of hydrogen-bond acceptors (Lipinski definition) is 5. The summed E-state index contributed by atoms with van der Waals surface area (Å²) in [5.74, 6) is 0.197. The standard InChI is InChI=1S/C24H21FN4O3/c1-15-13-29(14-26-15)19-10-4-16(12-20(19)31-2)5-11-21-27-22(23(28-21)24(30)32-3)17-6-8-18(25)9-7-17/h4-14H,1-3H3,(H,27,28). The molecule has 0 atom stereocenters. The lowest BCUT2D eigenvalue weighted by Gasteiger charge is -2.09. The van der Waals surface area contributed by atoms with Crippen LogP contribution >= 0.6 is 0 Å². The second-order valence-corrected chi connectivity index (χ2v) is 7.03. The quantitative estimate of drug-likeness (QED) is 0.448. The number of imidazole rings is 2. The van der Waals surface area contributed by atoms with E-state index in [0.717, 1.165) is 16.9 Å². The first-order valence-corrected chi connectivity index (χ1v) is 9.80. The topological polar surface area (TPSA) is 82.0 Å². The summed E-state index contributed by atoms with van der Waals surface area (Å²) in [6.07, 6.45) is 7.24. The van der Waals surface area contributed by atoms with Crippen LogP contribution in [0.1, 0.15) is 27.6 Å². The van der Waals surface area contributed by atoms with Crippen LogP contribution < -0.4 is 4.74 Å². The van der Waals surface area contributed by atoms with E-state index in [9.17, 15) is 9.18 Å². The van der Waals surface area contributed by atoms with E-state index < -0.39 is 5.97 Å². The average Bonchev–Trinajstić information content (AvgIpc) is 3.44. The summed E-state index contributed by atoms with van der Waals surface area (Å²) in [6, 6.07) is 11.6. The zero-order valence-electron chi connectivity index (χ0n) is 17.8. The molecule has 0 aliphatic heterocycles. The summed E-state index contributed by atoms with van der Waals surface area (Å²) < 4.78 is 25.6. The Hall–Kier alpha value is -4.20. The monoisotopic (exact) mass is 432 g/mol. The van der Waals surface area contributed by atoms with Crippen molar-refractivity contribution in [1.29, 1.82) is 0 Å². The Labute approximate surface area is 184 Å². The highest BCUT2D eigenvalue weighted by molar-refractivity contribution is 5.94. The van der Waals surface area contributed by atoms with E-state index in [0.29, 0.717) is 22.8 Å². The van der Waals surface area contributed by atoms with Crippen LogP contribution in [0.2, 0.25) is 0 Å². The van der Waals surface area contributed by atoms with Gasteiger partial charge < -0.3 is 19.0 Å². The molecule has 162 valence electrons. The molecule has 0 unspecified atom stereocenters. The first kappa shape index (κ1) is 21.0. The largest absolute Gasteiger partial charge is 0.495 e. The highest BCUT2D eigenvalue weighted by Gasteiger charge is 2.19. The maximum Gasteiger partial charge on any atom is 0.358 e. The first-order valence-electron chi connectivity index (χ1n) is 9.80. The Balaban J connectivity index is 1.66. The lowest BCUT2D eigenvalue weighted by molar-refractivity contribution is 0.0595. The molecule has 32 heavy (non-hydrogen) atoms. The number of carbonyl (C=O) groups is 1. The molecule has 0 amide bonds. The van der Waals surface area contributed by atoms with Gasteiger partial charge in [-0.3, -0.25) is 0 Å². The van der Waals surface area contributed by atoms with Gasteiger partial charge in [-0.05, 0) is 55.0 Å². The molecule has 0 fully saturated rings. The van der Waals surface area contributed by atoms with Gasteiger partial charge in [0.1, 0.15) is 17.4 Å². The number of nitrogens with zero attached hydrogens (tertiary/aromatic N) is 3. The Morgan fingerprint density at radius 2 is 1.91 bits per heavy atom. The minimum absolute atomic E-state index is 0.127. The summed E-state index contributed by atoms with van der Waals surface area (Å²) in [4.78, 5) is 23.9. The average molecular weight is 432 g/mol. The lowest BCUT2D eigenvalue weighted by atomic mass is 10.1. The number of benzene rings is 2. The predicted molar refractivity (Wildman–Crippen MR) is 119 cm³/mol.